The first-order chi connectivity index (χ1) is 18.1. The minimum Gasteiger partial charge on any atom is -0.363 e. The Labute approximate surface area is 238 Å². The van der Waals surface area contributed by atoms with E-state index in [0.29, 0.717) is 24.2 Å². The van der Waals surface area contributed by atoms with Crippen LogP contribution in [0.2, 0.25) is 0 Å². The normalized spacial score (nSPS) is 21.4. The third-order valence-corrected chi connectivity index (χ3v) is 8.79. The smallest absolute Gasteiger partial charge is 0.287 e. The van der Waals surface area contributed by atoms with Crippen LogP contribution in [0.4, 0.5) is 5.13 Å². The largest absolute Gasteiger partial charge is 0.363 e. The molecule has 10 heteroatoms. The predicted molar refractivity (Wildman–Crippen MR) is 157 cm³/mol. The molecule has 0 aromatic carbocycles. The number of aromatic nitrogens is 1. The number of rotatable bonds is 11. The van der Waals surface area contributed by atoms with E-state index in [0.717, 1.165) is 55.8 Å². The zero-order valence-corrected chi connectivity index (χ0v) is 25.8. The Kier molecular flexibility index (Phi) is 12.1. The molecule has 1 saturated heterocycles. The van der Waals surface area contributed by atoms with Crippen LogP contribution in [0.1, 0.15) is 83.7 Å². The van der Waals surface area contributed by atoms with Gasteiger partial charge in [0.25, 0.3) is 5.91 Å². The topological polar surface area (TPSA) is 134 Å². The highest BCUT2D eigenvalue weighted by Gasteiger charge is 2.37. The third kappa shape index (κ3) is 9.98. The fraction of sp³-hybridized carbons (Fsp3) is 0.759. The van der Waals surface area contributed by atoms with Crippen LogP contribution in [0.5, 0.6) is 0 Å². The van der Waals surface area contributed by atoms with Crippen molar-refractivity contribution in [2.45, 2.75) is 105 Å². The summed E-state index contributed by atoms with van der Waals surface area (Å²) in [6.07, 6.45) is 6.64. The lowest BCUT2D eigenvalue weighted by Gasteiger charge is -2.30. The Hall–Kier alpha value is -2.33. The summed E-state index contributed by atoms with van der Waals surface area (Å²) in [5, 5.41) is 6.81. The molecule has 1 aliphatic carbocycles. The SMILES string of the molecule is CC(C)CC1CC(C(=O)NC(CC2CCC2)C(=O)C(N)=O)N(C)C1.Cc1nc(NC(C=O)C(C)(C)C)sc1C. The first-order valence-electron chi connectivity index (χ1n) is 14.1. The number of ketones is 1. The summed E-state index contributed by atoms with van der Waals surface area (Å²) in [4.78, 5) is 54.6. The third-order valence-electron chi connectivity index (χ3n) is 7.79. The summed E-state index contributed by atoms with van der Waals surface area (Å²) in [6.45, 7) is 15.4. The zero-order valence-electron chi connectivity index (χ0n) is 25.0. The van der Waals surface area contributed by atoms with Crippen molar-refractivity contribution < 1.29 is 19.2 Å². The van der Waals surface area contributed by atoms with E-state index in [1.54, 1.807) is 11.3 Å². The van der Waals surface area contributed by atoms with Crippen LogP contribution in [0, 0.1) is 37.0 Å². The molecule has 4 N–H and O–H groups in total. The molecule has 4 atom stereocenters. The summed E-state index contributed by atoms with van der Waals surface area (Å²) in [5.41, 5.74) is 6.10. The van der Waals surface area contributed by atoms with E-state index in [9.17, 15) is 19.2 Å². The zero-order chi connectivity index (χ0) is 29.5. The quantitative estimate of drug-likeness (QED) is 0.275. The van der Waals surface area contributed by atoms with Gasteiger partial charge in [-0.25, -0.2) is 4.98 Å². The Bertz CT molecular complexity index is 979. The monoisotopic (exact) mass is 563 g/mol. The van der Waals surface area contributed by atoms with E-state index >= 15 is 0 Å². The molecule has 3 rings (SSSR count). The van der Waals surface area contributed by atoms with Crippen LogP contribution in [0.15, 0.2) is 0 Å². The molecule has 1 aliphatic heterocycles. The molecule has 0 bridgehead atoms. The number of carbonyl (C=O) groups excluding carboxylic acids is 4. The average Bonchev–Trinajstić information content (AvgIpc) is 3.32. The second-order valence-corrected chi connectivity index (χ2v) is 14.0. The molecular formula is C29H49N5O4S. The number of anilines is 1. The summed E-state index contributed by atoms with van der Waals surface area (Å²) in [5.74, 6) is -0.265. The van der Waals surface area contributed by atoms with Crippen LogP contribution in [0.3, 0.4) is 0 Å². The van der Waals surface area contributed by atoms with Crippen LogP contribution < -0.4 is 16.4 Å². The molecule has 0 spiro atoms. The molecule has 2 amide bonds. The maximum Gasteiger partial charge on any atom is 0.287 e. The van der Waals surface area contributed by atoms with Crippen LogP contribution >= 0.6 is 11.3 Å². The number of nitrogens with one attached hydrogen (secondary N) is 2. The van der Waals surface area contributed by atoms with Crippen LogP contribution in [0.25, 0.3) is 0 Å². The average molecular weight is 564 g/mol. The first-order valence-corrected chi connectivity index (χ1v) is 14.9. The fourth-order valence-corrected chi connectivity index (χ4v) is 5.96. The van der Waals surface area contributed by atoms with E-state index in [4.69, 9.17) is 5.73 Å². The number of aldehydes is 1. The van der Waals surface area contributed by atoms with Crippen molar-refractivity contribution in [1.82, 2.24) is 15.2 Å². The Balaban J connectivity index is 0.000000306. The molecule has 9 nitrogen and oxygen atoms in total. The highest BCUT2D eigenvalue weighted by molar-refractivity contribution is 7.15. The van der Waals surface area contributed by atoms with Gasteiger partial charge in [0.1, 0.15) is 6.29 Å². The standard InChI is InChI=1S/C18H31N3O3.C11H18N2OS/c1-11(2)7-13-9-15(21(3)10-13)18(24)20-14(16(22)17(19)23)8-12-5-4-6-12;1-7-8(2)15-10(12-7)13-9(6-14)11(3,4)5/h11-15H,4-10H2,1-3H3,(H2,19,23)(H,20,24);6,9H,1-5H3,(H,12,13). The van der Waals surface area contributed by atoms with E-state index < -0.39 is 17.7 Å². The van der Waals surface area contributed by atoms with E-state index in [1.807, 2.05) is 41.7 Å². The number of primary amides is 1. The summed E-state index contributed by atoms with van der Waals surface area (Å²) in [7, 11) is 1.95. The molecule has 2 fully saturated rings. The maximum atomic E-state index is 12.7. The number of amides is 2. The Morgan fingerprint density at radius 2 is 1.79 bits per heavy atom. The van der Waals surface area contributed by atoms with Gasteiger partial charge in [-0.05, 0) is 63.3 Å². The first kappa shape index (κ1) is 32.9. The van der Waals surface area contributed by atoms with Crippen molar-refractivity contribution in [1.29, 1.82) is 0 Å². The molecule has 2 heterocycles. The lowest BCUT2D eigenvalue weighted by molar-refractivity contribution is -0.139. The summed E-state index contributed by atoms with van der Waals surface area (Å²) < 4.78 is 0. The van der Waals surface area contributed by atoms with Gasteiger partial charge in [0.05, 0.1) is 23.8 Å². The van der Waals surface area contributed by atoms with E-state index in [-0.39, 0.29) is 23.4 Å². The van der Waals surface area contributed by atoms with Gasteiger partial charge < -0.3 is 21.2 Å². The van der Waals surface area contributed by atoms with Crippen LogP contribution in [-0.4, -0.2) is 65.5 Å². The highest BCUT2D eigenvalue weighted by Crippen LogP contribution is 2.31. The van der Waals surface area contributed by atoms with E-state index in [2.05, 4.69) is 34.4 Å². The Morgan fingerprint density at radius 3 is 2.23 bits per heavy atom. The molecule has 220 valence electrons. The minimum absolute atomic E-state index is 0.0881. The maximum absolute atomic E-state index is 12.7. The fourth-order valence-electron chi connectivity index (χ4n) is 5.10. The second-order valence-electron chi connectivity index (χ2n) is 12.8. The molecule has 0 radical (unpaired) electrons. The van der Waals surface area contributed by atoms with Gasteiger partial charge in [0.15, 0.2) is 5.13 Å². The molecular weight excluding hydrogens is 514 g/mol. The van der Waals surface area contributed by atoms with Gasteiger partial charge in [-0.1, -0.05) is 53.9 Å². The van der Waals surface area contributed by atoms with E-state index in [1.165, 1.54) is 4.88 Å². The van der Waals surface area contributed by atoms with Crippen molar-refractivity contribution >= 4 is 40.4 Å². The number of thiazole rings is 1. The Morgan fingerprint density at radius 1 is 1.15 bits per heavy atom. The van der Waals surface area contributed by atoms with Gasteiger partial charge in [-0.15, -0.1) is 11.3 Å². The van der Waals surface area contributed by atoms with Gasteiger partial charge in [0.2, 0.25) is 11.7 Å². The second kappa shape index (κ2) is 14.3. The number of hydrogen-bond donors (Lipinski definition) is 3. The van der Waals surface area contributed by atoms with Crippen molar-refractivity contribution in [3.63, 3.8) is 0 Å². The number of likely N-dealkylation sites (tertiary alicyclic amines) is 1. The number of likely N-dealkylation sites (N-methyl/N-ethyl adjacent to an activating group) is 1. The van der Waals surface area contributed by atoms with Crippen LogP contribution in [-0.2, 0) is 19.2 Å². The van der Waals surface area contributed by atoms with Crippen molar-refractivity contribution in [3.05, 3.63) is 10.6 Å². The van der Waals surface area contributed by atoms with Gasteiger partial charge in [0, 0.05) is 11.4 Å². The lowest BCUT2D eigenvalue weighted by Crippen LogP contribution is -2.52. The predicted octanol–water partition coefficient (Wildman–Crippen LogP) is 3.87. The number of nitrogens with zero attached hydrogens (tertiary/aromatic N) is 2. The molecule has 2 aliphatic rings. The summed E-state index contributed by atoms with van der Waals surface area (Å²) >= 11 is 1.59. The van der Waals surface area contributed by atoms with Gasteiger partial charge in [-0.2, -0.15) is 0 Å². The summed E-state index contributed by atoms with van der Waals surface area (Å²) in [6, 6.07) is -1.18. The number of aryl methyl sites for hydroxylation is 2. The number of nitrogens with two attached hydrogens (primary N) is 1. The van der Waals surface area contributed by atoms with Crippen molar-refractivity contribution in [2.75, 3.05) is 18.9 Å². The molecule has 39 heavy (non-hydrogen) atoms. The number of carbonyl (C=O) groups is 4. The number of Topliss-reactive ketones (excluding diaryl/α,β-unsaturated/α-hetero) is 1. The highest BCUT2D eigenvalue weighted by atomic mass is 32.1. The lowest BCUT2D eigenvalue weighted by atomic mass is 9.80. The minimum atomic E-state index is -0.961. The van der Waals surface area contributed by atoms with Crippen molar-refractivity contribution in [2.24, 2.45) is 28.9 Å². The molecule has 1 saturated carbocycles. The molecule has 1 aromatic heterocycles. The molecule has 1 aromatic rings. The van der Waals surface area contributed by atoms with Crippen molar-refractivity contribution in [3.8, 4) is 0 Å². The number of hydrogen-bond acceptors (Lipinski definition) is 8. The van der Waals surface area contributed by atoms with Gasteiger partial charge in [-0.3, -0.25) is 19.3 Å². The molecule has 4 unspecified atom stereocenters. The van der Waals surface area contributed by atoms with Gasteiger partial charge >= 0.3 is 0 Å².